The second-order valence-electron chi connectivity index (χ2n) is 5.92. The Morgan fingerprint density at radius 3 is 2.71 bits per heavy atom. The van der Waals surface area contributed by atoms with Crippen LogP contribution in [-0.4, -0.2) is 12.6 Å². The SMILES string of the molecule is CCC(C)(C)CNC1Cc2ccc(Cl)cc2C1. The first-order valence-corrected chi connectivity index (χ1v) is 6.89. The van der Waals surface area contributed by atoms with E-state index >= 15 is 0 Å². The molecule has 0 radical (unpaired) electrons. The van der Waals surface area contributed by atoms with E-state index < -0.39 is 0 Å². The Bertz CT molecular complexity index is 398. The van der Waals surface area contributed by atoms with Crippen molar-refractivity contribution in [2.24, 2.45) is 5.41 Å². The summed E-state index contributed by atoms with van der Waals surface area (Å²) in [7, 11) is 0. The van der Waals surface area contributed by atoms with Gasteiger partial charge in [0.25, 0.3) is 0 Å². The highest BCUT2D eigenvalue weighted by atomic mass is 35.5. The van der Waals surface area contributed by atoms with Gasteiger partial charge in [-0.05, 0) is 47.9 Å². The van der Waals surface area contributed by atoms with E-state index in [4.69, 9.17) is 11.6 Å². The molecule has 1 aromatic carbocycles. The van der Waals surface area contributed by atoms with Gasteiger partial charge in [-0.2, -0.15) is 0 Å². The molecular weight excluding hydrogens is 230 g/mol. The molecule has 94 valence electrons. The van der Waals surface area contributed by atoms with Crippen molar-refractivity contribution in [3.8, 4) is 0 Å². The molecule has 0 saturated carbocycles. The minimum atomic E-state index is 0.395. The topological polar surface area (TPSA) is 12.0 Å². The minimum Gasteiger partial charge on any atom is -0.313 e. The molecule has 1 atom stereocenters. The van der Waals surface area contributed by atoms with Crippen molar-refractivity contribution in [3.63, 3.8) is 0 Å². The van der Waals surface area contributed by atoms with Crippen LogP contribution in [0, 0.1) is 5.41 Å². The smallest absolute Gasteiger partial charge is 0.0408 e. The van der Waals surface area contributed by atoms with Gasteiger partial charge in [0.1, 0.15) is 0 Å². The summed E-state index contributed by atoms with van der Waals surface area (Å²) < 4.78 is 0. The Labute approximate surface area is 110 Å². The van der Waals surface area contributed by atoms with Gasteiger partial charge in [-0.25, -0.2) is 0 Å². The number of benzene rings is 1. The average Bonchev–Trinajstić information content (AvgIpc) is 2.68. The van der Waals surface area contributed by atoms with Crippen LogP contribution in [0.4, 0.5) is 0 Å². The van der Waals surface area contributed by atoms with Gasteiger partial charge in [-0.15, -0.1) is 0 Å². The van der Waals surface area contributed by atoms with Crippen molar-refractivity contribution in [3.05, 3.63) is 34.3 Å². The van der Waals surface area contributed by atoms with E-state index in [1.54, 1.807) is 0 Å². The van der Waals surface area contributed by atoms with Crippen molar-refractivity contribution in [1.29, 1.82) is 0 Å². The molecule has 0 spiro atoms. The van der Waals surface area contributed by atoms with Crippen molar-refractivity contribution in [2.75, 3.05) is 6.54 Å². The van der Waals surface area contributed by atoms with Gasteiger partial charge in [-0.3, -0.25) is 0 Å². The van der Waals surface area contributed by atoms with E-state index in [1.807, 2.05) is 6.07 Å². The van der Waals surface area contributed by atoms with Gasteiger partial charge in [0.2, 0.25) is 0 Å². The van der Waals surface area contributed by atoms with Crippen LogP contribution in [0.2, 0.25) is 5.02 Å². The first-order valence-electron chi connectivity index (χ1n) is 6.51. The van der Waals surface area contributed by atoms with E-state index in [-0.39, 0.29) is 0 Å². The number of hydrogen-bond acceptors (Lipinski definition) is 1. The zero-order valence-corrected chi connectivity index (χ0v) is 11.8. The molecule has 1 aliphatic carbocycles. The van der Waals surface area contributed by atoms with Crippen LogP contribution in [0.25, 0.3) is 0 Å². The molecule has 0 heterocycles. The summed E-state index contributed by atoms with van der Waals surface area (Å²) in [6.45, 7) is 7.98. The summed E-state index contributed by atoms with van der Waals surface area (Å²) in [6, 6.07) is 6.88. The lowest BCUT2D eigenvalue weighted by atomic mass is 9.90. The van der Waals surface area contributed by atoms with Crippen LogP contribution < -0.4 is 5.32 Å². The summed E-state index contributed by atoms with van der Waals surface area (Å²) >= 11 is 6.02. The molecular formula is C15H22ClN. The molecule has 0 fully saturated rings. The normalized spacial score (nSPS) is 19.4. The quantitative estimate of drug-likeness (QED) is 0.858. The Morgan fingerprint density at radius 2 is 2.00 bits per heavy atom. The van der Waals surface area contributed by atoms with Gasteiger partial charge in [-0.1, -0.05) is 38.4 Å². The lowest BCUT2D eigenvalue weighted by molar-refractivity contribution is 0.310. The molecule has 1 aliphatic rings. The molecule has 17 heavy (non-hydrogen) atoms. The molecule has 1 N–H and O–H groups in total. The lowest BCUT2D eigenvalue weighted by Gasteiger charge is -2.25. The Balaban J connectivity index is 1.92. The van der Waals surface area contributed by atoms with Crippen molar-refractivity contribution < 1.29 is 0 Å². The van der Waals surface area contributed by atoms with Crippen LogP contribution in [-0.2, 0) is 12.8 Å². The van der Waals surface area contributed by atoms with Gasteiger partial charge in [0.15, 0.2) is 0 Å². The molecule has 0 bridgehead atoms. The van der Waals surface area contributed by atoms with Crippen LogP contribution in [0.3, 0.4) is 0 Å². The van der Waals surface area contributed by atoms with E-state index in [0.29, 0.717) is 11.5 Å². The van der Waals surface area contributed by atoms with Crippen LogP contribution >= 0.6 is 11.6 Å². The van der Waals surface area contributed by atoms with Gasteiger partial charge in [0, 0.05) is 17.6 Å². The van der Waals surface area contributed by atoms with Crippen molar-refractivity contribution in [2.45, 2.75) is 46.1 Å². The zero-order chi connectivity index (χ0) is 12.5. The van der Waals surface area contributed by atoms with Crippen molar-refractivity contribution in [1.82, 2.24) is 5.32 Å². The summed E-state index contributed by atoms with van der Waals surface area (Å²) in [5, 5.41) is 4.56. The maximum Gasteiger partial charge on any atom is 0.0408 e. The molecule has 0 saturated heterocycles. The monoisotopic (exact) mass is 251 g/mol. The molecule has 0 aliphatic heterocycles. The second-order valence-corrected chi connectivity index (χ2v) is 6.35. The number of nitrogens with one attached hydrogen (secondary N) is 1. The molecule has 1 aromatic rings. The molecule has 1 unspecified atom stereocenters. The number of hydrogen-bond donors (Lipinski definition) is 1. The van der Waals surface area contributed by atoms with Crippen molar-refractivity contribution >= 4 is 11.6 Å². The van der Waals surface area contributed by atoms with E-state index in [1.165, 1.54) is 17.5 Å². The maximum absolute atomic E-state index is 6.02. The molecule has 2 heteroatoms. The summed E-state index contributed by atoms with van der Waals surface area (Å²) in [6.07, 6.45) is 3.48. The summed E-state index contributed by atoms with van der Waals surface area (Å²) in [5.41, 5.74) is 3.28. The fourth-order valence-corrected chi connectivity index (χ4v) is 2.47. The van der Waals surface area contributed by atoms with E-state index in [9.17, 15) is 0 Å². The van der Waals surface area contributed by atoms with Gasteiger partial charge < -0.3 is 5.32 Å². The highest BCUT2D eigenvalue weighted by molar-refractivity contribution is 6.30. The summed E-state index contributed by atoms with van der Waals surface area (Å²) in [4.78, 5) is 0. The second kappa shape index (κ2) is 4.99. The summed E-state index contributed by atoms with van der Waals surface area (Å²) in [5.74, 6) is 0. The van der Waals surface area contributed by atoms with Gasteiger partial charge in [0.05, 0.1) is 0 Å². The number of halogens is 1. The van der Waals surface area contributed by atoms with Gasteiger partial charge >= 0.3 is 0 Å². The van der Waals surface area contributed by atoms with Crippen LogP contribution in [0.15, 0.2) is 18.2 Å². The standard InChI is InChI=1S/C15H22ClN/c1-4-15(2,3)10-17-14-8-11-5-6-13(16)7-12(11)9-14/h5-7,14,17H,4,8-10H2,1-3H3. The maximum atomic E-state index is 6.02. The molecule has 2 rings (SSSR count). The fraction of sp³-hybridized carbons (Fsp3) is 0.600. The first-order chi connectivity index (χ1) is 8.00. The molecule has 1 nitrogen and oxygen atoms in total. The predicted molar refractivity (Wildman–Crippen MR) is 74.7 cm³/mol. The molecule has 0 aromatic heterocycles. The van der Waals surface area contributed by atoms with E-state index in [2.05, 4.69) is 38.2 Å². The average molecular weight is 252 g/mol. The molecule has 0 amide bonds. The third-order valence-electron chi connectivity index (χ3n) is 3.93. The Morgan fingerprint density at radius 1 is 1.29 bits per heavy atom. The number of fused-ring (bicyclic) bond motifs is 1. The highest BCUT2D eigenvalue weighted by Crippen LogP contribution is 2.26. The minimum absolute atomic E-state index is 0.395. The fourth-order valence-electron chi connectivity index (χ4n) is 2.28. The zero-order valence-electron chi connectivity index (χ0n) is 11.0. The first kappa shape index (κ1) is 12.9. The Kier molecular flexibility index (Phi) is 3.79. The highest BCUT2D eigenvalue weighted by Gasteiger charge is 2.23. The third kappa shape index (κ3) is 3.23. The largest absolute Gasteiger partial charge is 0.313 e. The Hall–Kier alpha value is -0.530. The van der Waals surface area contributed by atoms with Crippen LogP contribution in [0.5, 0.6) is 0 Å². The van der Waals surface area contributed by atoms with Crippen LogP contribution in [0.1, 0.15) is 38.3 Å². The van der Waals surface area contributed by atoms with E-state index in [0.717, 1.165) is 24.4 Å². The number of rotatable bonds is 4. The third-order valence-corrected chi connectivity index (χ3v) is 4.16. The lowest BCUT2D eigenvalue weighted by Crippen LogP contribution is -2.37. The predicted octanol–water partition coefficient (Wildman–Crippen LogP) is 3.83.